The molecule has 0 aromatic carbocycles. The van der Waals surface area contributed by atoms with Crippen LogP contribution in [-0.2, 0) is 4.79 Å². The second kappa shape index (κ2) is 16.5. The Morgan fingerprint density at radius 3 is 2.21 bits per heavy atom. The fraction of sp³-hybridized carbons (Fsp3) is 0.800. The van der Waals surface area contributed by atoms with E-state index in [1.807, 2.05) is 0 Å². The Morgan fingerprint density at radius 2 is 1.59 bits per heavy atom. The van der Waals surface area contributed by atoms with Gasteiger partial charge in [-0.3, -0.25) is 9.28 Å². The molecule has 0 bridgehead atoms. The van der Waals surface area contributed by atoms with Crippen molar-refractivity contribution in [2.75, 3.05) is 19.6 Å². The average Bonchev–Trinajstić information content (AvgIpc) is 3.11. The minimum Gasteiger partial charge on any atom is -0.351 e. The van der Waals surface area contributed by atoms with E-state index in [2.05, 4.69) is 49.0 Å². The smallest absolute Gasteiger partial charge is 0.217 e. The van der Waals surface area contributed by atoms with Crippen molar-refractivity contribution in [1.29, 1.82) is 0 Å². The lowest BCUT2D eigenvalue weighted by molar-refractivity contribution is -0.898. The van der Waals surface area contributed by atoms with Gasteiger partial charge in [-0.25, -0.2) is 0 Å². The Hall–Kier alpha value is -1.29. The number of nitrogens with zero attached hydrogens (tertiary/aromatic N) is 1. The fourth-order valence-electron chi connectivity index (χ4n) is 4.27. The van der Waals surface area contributed by atoms with Crippen molar-refractivity contribution < 1.29 is 9.28 Å². The molecule has 1 aliphatic rings. The van der Waals surface area contributed by atoms with Crippen LogP contribution in [0, 0.1) is 0 Å². The van der Waals surface area contributed by atoms with Crippen LogP contribution in [-0.4, -0.2) is 36.2 Å². The summed E-state index contributed by atoms with van der Waals surface area (Å²) >= 11 is 0. The SMILES string of the molecule is CCCC/C=C/CCCCCCCCCCC1NC=C[N+]1(CC)CCNC(C)=O. The number of hydrogen-bond donors (Lipinski definition) is 2. The van der Waals surface area contributed by atoms with Gasteiger partial charge in [0.1, 0.15) is 12.7 Å². The third-order valence-electron chi connectivity index (χ3n) is 6.26. The molecule has 29 heavy (non-hydrogen) atoms. The van der Waals surface area contributed by atoms with Gasteiger partial charge < -0.3 is 10.6 Å². The maximum Gasteiger partial charge on any atom is 0.217 e. The Morgan fingerprint density at radius 1 is 0.966 bits per heavy atom. The van der Waals surface area contributed by atoms with Gasteiger partial charge in [0.05, 0.1) is 19.3 Å². The molecule has 0 aliphatic carbocycles. The number of nitrogens with one attached hydrogen (secondary N) is 2. The van der Waals surface area contributed by atoms with Gasteiger partial charge in [0, 0.05) is 13.3 Å². The van der Waals surface area contributed by atoms with Gasteiger partial charge in [0.2, 0.25) is 5.91 Å². The first kappa shape index (κ1) is 25.7. The van der Waals surface area contributed by atoms with Crippen molar-refractivity contribution in [3.8, 4) is 0 Å². The molecule has 168 valence electrons. The largest absolute Gasteiger partial charge is 0.351 e. The van der Waals surface area contributed by atoms with Crippen molar-refractivity contribution in [1.82, 2.24) is 10.6 Å². The zero-order chi connectivity index (χ0) is 21.2. The minimum absolute atomic E-state index is 0.0652. The molecule has 1 amide bonds. The Kier molecular flexibility index (Phi) is 14.6. The van der Waals surface area contributed by atoms with E-state index < -0.39 is 0 Å². The highest BCUT2D eigenvalue weighted by Crippen LogP contribution is 2.23. The van der Waals surface area contributed by atoms with Crippen molar-refractivity contribution in [2.24, 2.45) is 0 Å². The molecule has 0 saturated carbocycles. The fourth-order valence-corrected chi connectivity index (χ4v) is 4.27. The predicted octanol–water partition coefficient (Wildman–Crippen LogP) is 6.01. The molecule has 2 atom stereocenters. The van der Waals surface area contributed by atoms with E-state index in [9.17, 15) is 4.79 Å². The highest BCUT2D eigenvalue weighted by Gasteiger charge is 2.36. The normalized spacial score (nSPS) is 21.0. The Balaban J connectivity index is 2.02. The summed E-state index contributed by atoms with van der Waals surface area (Å²) in [4.78, 5) is 11.2. The number of quaternary nitrogens is 1. The number of carbonyl (C=O) groups excluding carboxylic acids is 1. The van der Waals surface area contributed by atoms with E-state index >= 15 is 0 Å². The first-order valence-corrected chi connectivity index (χ1v) is 12.3. The quantitative estimate of drug-likeness (QED) is 0.166. The number of rotatable bonds is 18. The van der Waals surface area contributed by atoms with E-state index in [0.717, 1.165) is 24.1 Å². The molecule has 0 saturated heterocycles. The Bertz CT molecular complexity index is 475. The van der Waals surface area contributed by atoms with E-state index in [1.165, 1.54) is 83.5 Å². The van der Waals surface area contributed by atoms with Gasteiger partial charge in [-0.05, 0) is 32.6 Å². The highest BCUT2D eigenvalue weighted by atomic mass is 16.1. The van der Waals surface area contributed by atoms with Gasteiger partial charge in [0.15, 0.2) is 6.17 Å². The molecule has 0 aromatic rings. The molecule has 1 aliphatic heterocycles. The summed E-state index contributed by atoms with van der Waals surface area (Å²) in [6, 6.07) is 0. The second-order valence-electron chi connectivity index (χ2n) is 8.64. The van der Waals surface area contributed by atoms with Crippen LogP contribution in [0.15, 0.2) is 24.6 Å². The van der Waals surface area contributed by atoms with Gasteiger partial charge >= 0.3 is 0 Å². The zero-order valence-electron chi connectivity index (χ0n) is 19.6. The average molecular weight is 407 g/mol. The summed E-state index contributed by atoms with van der Waals surface area (Å²) in [6.45, 7) is 8.89. The van der Waals surface area contributed by atoms with Crippen molar-refractivity contribution in [3.05, 3.63) is 24.6 Å². The van der Waals surface area contributed by atoms with Crippen LogP contribution in [0.25, 0.3) is 0 Å². The van der Waals surface area contributed by atoms with Crippen molar-refractivity contribution in [2.45, 2.75) is 110 Å². The van der Waals surface area contributed by atoms with Gasteiger partial charge in [0.25, 0.3) is 0 Å². The number of allylic oxidation sites excluding steroid dienone is 2. The van der Waals surface area contributed by atoms with E-state index in [1.54, 1.807) is 6.92 Å². The molecule has 1 rings (SSSR count). The minimum atomic E-state index is 0.0652. The third kappa shape index (κ3) is 11.5. The number of hydrogen-bond acceptors (Lipinski definition) is 2. The lowest BCUT2D eigenvalue weighted by atomic mass is 10.0. The van der Waals surface area contributed by atoms with E-state index in [0.29, 0.717) is 6.17 Å². The van der Waals surface area contributed by atoms with Crippen LogP contribution in [0.1, 0.15) is 104 Å². The molecule has 1 heterocycles. The first-order chi connectivity index (χ1) is 14.1. The molecule has 2 N–H and O–H groups in total. The molecule has 0 radical (unpaired) electrons. The van der Waals surface area contributed by atoms with Crippen LogP contribution >= 0.6 is 0 Å². The lowest BCUT2D eigenvalue weighted by Gasteiger charge is -2.37. The lowest BCUT2D eigenvalue weighted by Crippen LogP contribution is -2.55. The molecular weight excluding hydrogens is 358 g/mol. The summed E-state index contributed by atoms with van der Waals surface area (Å²) in [5.74, 6) is 0.0652. The molecule has 4 nitrogen and oxygen atoms in total. The number of amides is 1. The van der Waals surface area contributed by atoms with Crippen molar-refractivity contribution >= 4 is 5.91 Å². The van der Waals surface area contributed by atoms with Crippen LogP contribution in [0.5, 0.6) is 0 Å². The maximum atomic E-state index is 11.2. The summed E-state index contributed by atoms with van der Waals surface area (Å²) in [6.07, 6.45) is 26.9. The van der Waals surface area contributed by atoms with E-state index in [-0.39, 0.29) is 5.91 Å². The molecule has 4 heteroatoms. The third-order valence-corrected chi connectivity index (χ3v) is 6.26. The number of likely N-dealkylation sites (N-methyl/N-ethyl adjacent to an activating group) is 1. The van der Waals surface area contributed by atoms with Crippen molar-refractivity contribution in [3.63, 3.8) is 0 Å². The van der Waals surface area contributed by atoms with Crippen LogP contribution in [0.2, 0.25) is 0 Å². The summed E-state index contributed by atoms with van der Waals surface area (Å²) in [7, 11) is 0. The van der Waals surface area contributed by atoms with Gasteiger partial charge in [-0.2, -0.15) is 0 Å². The van der Waals surface area contributed by atoms with Gasteiger partial charge in [-0.15, -0.1) is 0 Å². The summed E-state index contributed by atoms with van der Waals surface area (Å²) in [5.41, 5.74) is 0. The number of unbranched alkanes of at least 4 members (excludes halogenated alkanes) is 10. The van der Waals surface area contributed by atoms with Crippen LogP contribution < -0.4 is 10.6 Å². The zero-order valence-corrected chi connectivity index (χ0v) is 19.6. The summed E-state index contributed by atoms with van der Waals surface area (Å²) in [5, 5.41) is 6.51. The van der Waals surface area contributed by atoms with Gasteiger partial charge in [-0.1, -0.05) is 70.4 Å². The maximum absolute atomic E-state index is 11.2. The monoisotopic (exact) mass is 406 g/mol. The highest BCUT2D eigenvalue weighted by molar-refractivity contribution is 5.72. The van der Waals surface area contributed by atoms with Crippen LogP contribution in [0.3, 0.4) is 0 Å². The first-order valence-electron chi connectivity index (χ1n) is 12.3. The molecule has 0 aromatic heterocycles. The van der Waals surface area contributed by atoms with Crippen LogP contribution in [0.4, 0.5) is 0 Å². The predicted molar refractivity (Wildman–Crippen MR) is 125 cm³/mol. The molecule has 0 spiro atoms. The van der Waals surface area contributed by atoms with E-state index in [4.69, 9.17) is 0 Å². The second-order valence-corrected chi connectivity index (χ2v) is 8.64. The molecular formula is C25H48N3O+. The molecule has 2 unspecified atom stereocenters. The molecule has 0 fully saturated rings. The Labute approximate surface area is 180 Å². The standard InChI is InChI=1S/C25H47N3O/c1-4-6-7-8-9-10-11-12-13-14-15-16-17-18-19-25-27-21-23-28(25,5-2)22-20-26-24(3)29/h8-9,21,23,25,27H,4-7,10-20,22H2,1-3H3/p+1/b9-8+. The number of carbonyl (C=O) groups is 1. The topological polar surface area (TPSA) is 41.1 Å². The summed E-state index contributed by atoms with van der Waals surface area (Å²) < 4.78 is 0.952.